The van der Waals surface area contributed by atoms with Gasteiger partial charge in [-0.1, -0.05) is 13.8 Å². The van der Waals surface area contributed by atoms with E-state index in [9.17, 15) is 20.0 Å². The van der Waals surface area contributed by atoms with E-state index in [0.717, 1.165) is 16.9 Å². The Morgan fingerprint density at radius 2 is 1.93 bits per heavy atom. The molecule has 1 atom stereocenters. The predicted molar refractivity (Wildman–Crippen MR) is 148 cm³/mol. The van der Waals surface area contributed by atoms with Crippen molar-refractivity contribution in [2.45, 2.75) is 45.8 Å². The molecule has 1 aliphatic heterocycles. The first-order valence-corrected chi connectivity index (χ1v) is 13.2. The molecule has 1 aliphatic rings. The smallest absolute Gasteiger partial charge is 0.405 e. The van der Waals surface area contributed by atoms with Gasteiger partial charge in [-0.25, -0.2) is 14.3 Å². The minimum Gasteiger partial charge on any atom is -0.489 e. The number of aliphatic hydroxyl groups is 1. The number of anilines is 1. The van der Waals surface area contributed by atoms with E-state index in [1.165, 1.54) is 6.20 Å². The molecule has 3 N–H and O–H groups in total. The van der Waals surface area contributed by atoms with Crippen molar-refractivity contribution in [2.24, 2.45) is 5.92 Å². The third-order valence-corrected chi connectivity index (χ3v) is 6.58. The van der Waals surface area contributed by atoms with Crippen LogP contribution in [-0.2, 0) is 4.79 Å². The minimum absolute atomic E-state index is 0.0839. The van der Waals surface area contributed by atoms with Gasteiger partial charge in [0.2, 0.25) is 5.91 Å². The Kier molecular flexibility index (Phi) is 8.44. The van der Waals surface area contributed by atoms with Gasteiger partial charge in [-0.15, -0.1) is 0 Å². The lowest BCUT2D eigenvalue weighted by molar-refractivity contribution is -0.134. The van der Waals surface area contributed by atoms with E-state index >= 15 is 0 Å². The van der Waals surface area contributed by atoms with Gasteiger partial charge >= 0.3 is 6.09 Å². The molecule has 2 amide bonds. The number of nitrogens with zero attached hydrogens (tertiary/aromatic N) is 6. The summed E-state index contributed by atoms with van der Waals surface area (Å²) >= 11 is 0. The highest BCUT2D eigenvalue weighted by atomic mass is 16.5. The highest BCUT2D eigenvalue weighted by molar-refractivity contribution is 5.86. The van der Waals surface area contributed by atoms with Crippen molar-refractivity contribution in [2.75, 3.05) is 37.7 Å². The number of ether oxygens (including phenoxy) is 1. The summed E-state index contributed by atoms with van der Waals surface area (Å²) in [5.74, 6) is 1.21. The summed E-state index contributed by atoms with van der Waals surface area (Å²) in [6, 6.07) is 7.03. The van der Waals surface area contributed by atoms with E-state index in [1.807, 2.05) is 32.0 Å². The van der Waals surface area contributed by atoms with E-state index in [4.69, 9.17) is 9.84 Å². The van der Waals surface area contributed by atoms with Crippen LogP contribution in [0.2, 0.25) is 0 Å². The van der Waals surface area contributed by atoms with Crippen molar-refractivity contribution in [1.29, 1.82) is 5.26 Å². The van der Waals surface area contributed by atoms with Crippen LogP contribution in [0.3, 0.4) is 0 Å². The Hall–Kier alpha value is -4.37. The summed E-state index contributed by atoms with van der Waals surface area (Å²) < 4.78 is 7.39. The van der Waals surface area contributed by atoms with E-state index in [-0.39, 0.29) is 18.4 Å². The molecule has 1 saturated heterocycles. The van der Waals surface area contributed by atoms with Crippen LogP contribution in [0.5, 0.6) is 5.75 Å². The van der Waals surface area contributed by atoms with Gasteiger partial charge in [0.05, 0.1) is 29.1 Å². The first-order valence-electron chi connectivity index (χ1n) is 13.2. The second kappa shape index (κ2) is 11.8. The molecule has 0 radical (unpaired) electrons. The van der Waals surface area contributed by atoms with E-state index in [1.54, 1.807) is 35.7 Å². The molecule has 4 rings (SSSR count). The van der Waals surface area contributed by atoms with Gasteiger partial charge in [-0.05, 0) is 44.4 Å². The van der Waals surface area contributed by atoms with Crippen LogP contribution < -0.4 is 15.0 Å². The largest absolute Gasteiger partial charge is 0.489 e. The predicted octanol–water partition coefficient (Wildman–Crippen LogP) is 2.75. The van der Waals surface area contributed by atoms with Crippen molar-refractivity contribution in [3.05, 3.63) is 42.4 Å². The Labute approximate surface area is 232 Å². The lowest BCUT2D eigenvalue weighted by atomic mass is 10.0. The van der Waals surface area contributed by atoms with Crippen LogP contribution in [0.1, 0.15) is 39.7 Å². The Morgan fingerprint density at radius 3 is 2.50 bits per heavy atom. The van der Waals surface area contributed by atoms with Gasteiger partial charge in [0, 0.05) is 43.5 Å². The van der Waals surface area contributed by atoms with Crippen molar-refractivity contribution >= 4 is 23.3 Å². The quantitative estimate of drug-likeness (QED) is 0.365. The first-order chi connectivity index (χ1) is 18.9. The zero-order valence-corrected chi connectivity index (χ0v) is 23.2. The molecule has 3 aromatic heterocycles. The molecule has 3 aromatic rings. The number of carbonyl (C=O) groups excluding carboxylic acids is 1. The number of carboxylic acid groups (broad SMARTS) is 1. The molecule has 1 unspecified atom stereocenters. The first kappa shape index (κ1) is 28.6. The van der Waals surface area contributed by atoms with Crippen molar-refractivity contribution in [3.8, 4) is 22.9 Å². The number of hydrogen-bond acceptors (Lipinski definition) is 8. The summed E-state index contributed by atoms with van der Waals surface area (Å²) in [5.41, 5.74) is 1.52. The fourth-order valence-corrected chi connectivity index (χ4v) is 4.69. The zero-order valence-electron chi connectivity index (χ0n) is 23.2. The van der Waals surface area contributed by atoms with Crippen LogP contribution in [0.15, 0.2) is 36.8 Å². The molecule has 0 bridgehead atoms. The molecule has 0 spiro atoms. The highest BCUT2D eigenvalue weighted by Gasteiger charge is 2.29. The fourth-order valence-electron chi connectivity index (χ4n) is 4.69. The summed E-state index contributed by atoms with van der Waals surface area (Å²) in [7, 11) is 0. The number of nitrogens with one attached hydrogen (secondary N) is 1. The maximum atomic E-state index is 13.0. The number of rotatable bonds is 9. The number of aromatic nitrogens is 3. The Bertz CT molecular complexity index is 1400. The summed E-state index contributed by atoms with van der Waals surface area (Å²) in [6.07, 6.45) is 4.14. The third-order valence-electron chi connectivity index (χ3n) is 6.58. The SMILES string of the molecule is CC(C)CC(NC(=O)O)C(=O)N1CCN(c2ccc(-c3cc(OCC(C)(C)O)cn4ncc(C#N)c34)cn2)CC1. The average molecular weight is 550 g/mol. The molecule has 12 nitrogen and oxygen atoms in total. The number of nitriles is 1. The maximum absolute atomic E-state index is 13.0. The number of amides is 2. The second-order valence-corrected chi connectivity index (χ2v) is 11.0. The van der Waals surface area contributed by atoms with Crippen molar-refractivity contribution in [3.63, 3.8) is 0 Å². The number of hydrogen-bond donors (Lipinski definition) is 3. The number of piperazine rings is 1. The van der Waals surface area contributed by atoms with Gasteiger partial charge in [-0.3, -0.25) is 4.79 Å². The van der Waals surface area contributed by atoms with Gasteiger partial charge in [0.15, 0.2) is 0 Å². The van der Waals surface area contributed by atoms with E-state index < -0.39 is 17.7 Å². The van der Waals surface area contributed by atoms with Crippen molar-refractivity contribution in [1.82, 2.24) is 24.8 Å². The van der Waals surface area contributed by atoms with Gasteiger partial charge in [0.1, 0.15) is 30.3 Å². The zero-order chi connectivity index (χ0) is 29.0. The van der Waals surface area contributed by atoms with Gasteiger partial charge in [-0.2, -0.15) is 10.4 Å². The molecular formula is C28H35N7O5. The third kappa shape index (κ3) is 6.79. The van der Waals surface area contributed by atoms with Crippen molar-refractivity contribution < 1.29 is 24.5 Å². The lowest BCUT2D eigenvalue weighted by Crippen LogP contribution is -2.55. The monoisotopic (exact) mass is 549 g/mol. The van der Waals surface area contributed by atoms with Crippen LogP contribution in [0, 0.1) is 17.2 Å². The molecule has 0 aromatic carbocycles. The number of fused-ring (bicyclic) bond motifs is 1. The normalized spacial score (nSPS) is 14.7. The molecule has 1 fully saturated rings. The Morgan fingerprint density at radius 1 is 1.20 bits per heavy atom. The van der Waals surface area contributed by atoms with Crippen LogP contribution in [-0.4, -0.2) is 86.1 Å². The minimum atomic E-state index is -1.20. The second-order valence-electron chi connectivity index (χ2n) is 11.0. The average Bonchev–Trinajstić information content (AvgIpc) is 3.33. The molecule has 4 heterocycles. The Balaban J connectivity index is 1.50. The van der Waals surface area contributed by atoms with Crippen LogP contribution in [0.25, 0.3) is 16.6 Å². The topological polar surface area (TPSA) is 156 Å². The molecule has 0 aliphatic carbocycles. The number of carbonyl (C=O) groups is 2. The molecular weight excluding hydrogens is 514 g/mol. The van der Waals surface area contributed by atoms with Gasteiger partial charge < -0.3 is 30.1 Å². The molecule has 12 heteroatoms. The van der Waals surface area contributed by atoms with E-state index in [0.29, 0.717) is 49.4 Å². The van der Waals surface area contributed by atoms with E-state index in [2.05, 4.69) is 26.4 Å². The summed E-state index contributed by atoms with van der Waals surface area (Å²) in [4.78, 5) is 32.6. The lowest BCUT2D eigenvalue weighted by Gasteiger charge is -2.37. The standard InChI is InChI=1S/C28H35N7O5/c1-18(2)11-23(32-27(37)38)26(36)34-9-7-33(8-10-34)24-6-5-19(14-30-24)22-12-21(40-17-28(3,4)39)16-35-25(22)20(13-29)15-31-35/h5-6,12,14-16,18,23,32,39H,7-11,17H2,1-4H3,(H,37,38). The van der Waals surface area contributed by atoms with Crippen LogP contribution in [0.4, 0.5) is 10.6 Å². The summed E-state index contributed by atoms with van der Waals surface area (Å²) in [6.45, 7) is 9.34. The van der Waals surface area contributed by atoms with Crippen LogP contribution >= 0.6 is 0 Å². The maximum Gasteiger partial charge on any atom is 0.405 e. The fraction of sp³-hybridized carbons (Fsp3) is 0.464. The summed E-state index contributed by atoms with van der Waals surface area (Å²) in [5, 5.41) is 35.5. The molecule has 40 heavy (non-hydrogen) atoms. The number of pyridine rings is 2. The van der Waals surface area contributed by atoms with Gasteiger partial charge in [0.25, 0.3) is 0 Å². The molecule has 0 saturated carbocycles. The highest BCUT2D eigenvalue weighted by Crippen LogP contribution is 2.31. The molecule has 212 valence electrons.